The molecule has 0 N–H and O–H groups in total. The van der Waals surface area contributed by atoms with Crippen LogP contribution < -0.4 is 0 Å². The Morgan fingerprint density at radius 2 is 1.50 bits per heavy atom. The van der Waals surface area contributed by atoms with E-state index in [2.05, 4.69) is 42.4 Å². The Morgan fingerprint density at radius 1 is 0.955 bits per heavy atom. The zero-order valence-electron chi connectivity index (χ0n) is 15.1. The van der Waals surface area contributed by atoms with Gasteiger partial charge in [-0.15, -0.1) is 0 Å². The molecule has 0 aromatic rings. The monoisotopic (exact) mass is 309 g/mol. The molecule has 22 heavy (non-hydrogen) atoms. The molecule has 0 atom stereocenters. The van der Waals surface area contributed by atoms with E-state index >= 15 is 0 Å². The van der Waals surface area contributed by atoms with Gasteiger partial charge in [0, 0.05) is 39.3 Å². The first-order chi connectivity index (χ1) is 10.5. The first-order valence-electron chi connectivity index (χ1n) is 9.23. The van der Waals surface area contributed by atoms with Crippen LogP contribution in [0.25, 0.3) is 0 Å². The van der Waals surface area contributed by atoms with E-state index in [1.165, 1.54) is 19.3 Å². The molecule has 0 radical (unpaired) electrons. The van der Waals surface area contributed by atoms with Gasteiger partial charge < -0.3 is 9.80 Å². The molecular weight excluding hydrogens is 274 g/mol. The molecule has 1 amide bonds. The fraction of sp³-hybridized carbons (Fsp3) is 0.944. The van der Waals surface area contributed by atoms with Gasteiger partial charge >= 0.3 is 0 Å². The van der Waals surface area contributed by atoms with Crippen LogP contribution in [0.3, 0.4) is 0 Å². The van der Waals surface area contributed by atoms with Gasteiger partial charge in [-0.2, -0.15) is 0 Å². The summed E-state index contributed by atoms with van der Waals surface area (Å²) < 4.78 is 0. The Bertz CT molecular complexity index is 353. The maximum absolute atomic E-state index is 12.6. The van der Waals surface area contributed by atoms with E-state index in [0.29, 0.717) is 17.9 Å². The van der Waals surface area contributed by atoms with Crippen LogP contribution in [0.15, 0.2) is 0 Å². The highest BCUT2D eigenvalue weighted by Gasteiger charge is 2.37. The zero-order chi connectivity index (χ0) is 16.2. The third-order valence-electron chi connectivity index (χ3n) is 6.31. The predicted molar refractivity (Wildman–Crippen MR) is 91.9 cm³/mol. The number of piperidine rings is 1. The van der Waals surface area contributed by atoms with Crippen LogP contribution in [0.5, 0.6) is 0 Å². The Balaban J connectivity index is 1.78. The number of rotatable bonds is 5. The van der Waals surface area contributed by atoms with Gasteiger partial charge in [0.25, 0.3) is 0 Å². The van der Waals surface area contributed by atoms with E-state index < -0.39 is 0 Å². The standard InChI is InChI=1S/C18H35N3O/c1-5-18(16(3)4)7-9-21(10-8-18)17(22)15-20-13-11-19(6-2)12-14-20/h16H,5-15H2,1-4H3. The van der Waals surface area contributed by atoms with Gasteiger partial charge in [-0.05, 0) is 30.7 Å². The van der Waals surface area contributed by atoms with Crippen molar-refractivity contribution in [2.45, 2.75) is 47.0 Å². The summed E-state index contributed by atoms with van der Waals surface area (Å²) in [6.45, 7) is 17.2. The minimum absolute atomic E-state index is 0.346. The summed E-state index contributed by atoms with van der Waals surface area (Å²) in [6, 6.07) is 0. The number of likely N-dealkylation sites (tertiary alicyclic amines) is 1. The zero-order valence-corrected chi connectivity index (χ0v) is 15.1. The molecule has 0 saturated carbocycles. The van der Waals surface area contributed by atoms with Crippen molar-refractivity contribution in [3.05, 3.63) is 0 Å². The minimum Gasteiger partial charge on any atom is -0.342 e. The molecule has 2 rings (SSSR count). The lowest BCUT2D eigenvalue weighted by molar-refractivity contribution is -0.135. The lowest BCUT2D eigenvalue weighted by Crippen LogP contribution is -2.52. The number of carbonyl (C=O) groups is 1. The second-order valence-electron chi connectivity index (χ2n) is 7.46. The molecule has 2 aliphatic rings. The van der Waals surface area contributed by atoms with Crippen LogP contribution in [0.4, 0.5) is 0 Å². The van der Waals surface area contributed by atoms with Crippen molar-refractivity contribution in [2.24, 2.45) is 11.3 Å². The average molecular weight is 309 g/mol. The summed E-state index contributed by atoms with van der Waals surface area (Å²) in [5.41, 5.74) is 0.462. The van der Waals surface area contributed by atoms with Gasteiger partial charge in [-0.1, -0.05) is 34.1 Å². The summed E-state index contributed by atoms with van der Waals surface area (Å²) >= 11 is 0. The predicted octanol–water partition coefficient (Wildman–Crippen LogP) is 2.30. The number of nitrogens with zero attached hydrogens (tertiary/aromatic N) is 3. The van der Waals surface area contributed by atoms with Crippen molar-refractivity contribution in [2.75, 3.05) is 52.4 Å². The van der Waals surface area contributed by atoms with Crippen molar-refractivity contribution in [3.8, 4) is 0 Å². The highest BCUT2D eigenvalue weighted by molar-refractivity contribution is 5.78. The number of amides is 1. The number of likely N-dealkylation sites (N-methyl/N-ethyl adjacent to an activating group) is 1. The molecule has 2 saturated heterocycles. The van der Waals surface area contributed by atoms with Crippen LogP contribution in [-0.4, -0.2) is 73.0 Å². The minimum atomic E-state index is 0.346. The van der Waals surface area contributed by atoms with Crippen molar-refractivity contribution >= 4 is 5.91 Å². The molecule has 0 aromatic carbocycles. The SMILES string of the molecule is CCN1CCN(CC(=O)N2CCC(CC)(C(C)C)CC2)CC1. The van der Waals surface area contributed by atoms with E-state index in [-0.39, 0.29) is 0 Å². The summed E-state index contributed by atoms with van der Waals surface area (Å²) in [7, 11) is 0. The maximum Gasteiger partial charge on any atom is 0.236 e. The van der Waals surface area contributed by atoms with Gasteiger partial charge in [0.05, 0.1) is 6.54 Å². The van der Waals surface area contributed by atoms with Gasteiger partial charge in [0.2, 0.25) is 5.91 Å². The van der Waals surface area contributed by atoms with Crippen LogP contribution in [0, 0.1) is 11.3 Å². The van der Waals surface area contributed by atoms with Gasteiger partial charge in [-0.25, -0.2) is 0 Å². The average Bonchev–Trinajstić information content (AvgIpc) is 2.55. The van der Waals surface area contributed by atoms with Crippen LogP contribution in [0.1, 0.15) is 47.0 Å². The third-order valence-corrected chi connectivity index (χ3v) is 6.31. The largest absolute Gasteiger partial charge is 0.342 e. The van der Waals surface area contributed by atoms with Crippen molar-refractivity contribution < 1.29 is 4.79 Å². The van der Waals surface area contributed by atoms with Crippen molar-refractivity contribution in [1.29, 1.82) is 0 Å². The molecule has 0 bridgehead atoms. The van der Waals surface area contributed by atoms with Gasteiger partial charge in [-0.3, -0.25) is 9.69 Å². The van der Waals surface area contributed by atoms with E-state index in [4.69, 9.17) is 0 Å². The lowest BCUT2D eigenvalue weighted by atomic mass is 9.68. The molecule has 0 spiro atoms. The van der Waals surface area contributed by atoms with E-state index in [1.807, 2.05) is 0 Å². The molecular formula is C18H35N3O. The quantitative estimate of drug-likeness (QED) is 0.780. The fourth-order valence-corrected chi connectivity index (χ4v) is 4.10. The molecule has 128 valence electrons. The Morgan fingerprint density at radius 3 is 1.95 bits per heavy atom. The summed E-state index contributed by atoms with van der Waals surface area (Å²) in [5.74, 6) is 1.07. The molecule has 4 heteroatoms. The van der Waals surface area contributed by atoms with Crippen LogP contribution in [-0.2, 0) is 4.79 Å². The van der Waals surface area contributed by atoms with Gasteiger partial charge in [0.15, 0.2) is 0 Å². The Labute approximate surface area is 136 Å². The normalized spacial score (nSPS) is 24.0. The first kappa shape index (κ1) is 17.7. The van der Waals surface area contributed by atoms with Crippen molar-refractivity contribution in [3.63, 3.8) is 0 Å². The molecule has 0 unspecified atom stereocenters. The molecule has 4 nitrogen and oxygen atoms in total. The highest BCUT2D eigenvalue weighted by Crippen LogP contribution is 2.41. The number of carbonyl (C=O) groups excluding carboxylic acids is 1. The summed E-state index contributed by atoms with van der Waals surface area (Å²) in [5, 5.41) is 0. The third kappa shape index (κ3) is 4.02. The van der Waals surface area contributed by atoms with Gasteiger partial charge in [0.1, 0.15) is 0 Å². The van der Waals surface area contributed by atoms with E-state index in [1.54, 1.807) is 0 Å². The van der Waals surface area contributed by atoms with Crippen LogP contribution in [0.2, 0.25) is 0 Å². The summed E-state index contributed by atoms with van der Waals surface area (Å²) in [6.07, 6.45) is 3.60. The molecule has 2 aliphatic heterocycles. The first-order valence-corrected chi connectivity index (χ1v) is 9.23. The number of piperazine rings is 1. The fourth-order valence-electron chi connectivity index (χ4n) is 4.10. The Kier molecular flexibility index (Phi) is 6.27. The topological polar surface area (TPSA) is 26.8 Å². The maximum atomic E-state index is 12.6. The molecule has 2 heterocycles. The van der Waals surface area contributed by atoms with E-state index in [9.17, 15) is 4.79 Å². The lowest BCUT2D eigenvalue weighted by Gasteiger charge is -2.45. The second-order valence-corrected chi connectivity index (χ2v) is 7.46. The van der Waals surface area contributed by atoms with Crippen LogP contribution >= 0.6 is 0 Å². The molecule has 0 aromatic heterocycles. The highest BCUT2D eigenvalue weighted by atomic mass is 16.2. The second kappa shape index (κ2) is 7.78. The summed E-state index contributed by atoms with van der Waals surface area (Å²) in [4.78, 5) is 19.5. The number of hydrogen-bond acceptors (Lipinski definition) is 3. The van der Waals surface area contributed by atoms with Crippen molar-refractivity contribution in [1.82, 2.24) is 14.7 Å². The van der Waals surface area contributed by atoms with E-state index in [0.717, 1.165) is 51.7 Å². The number of hydrogen-bond donors (Lipinski definition) is 0. The molecule has 0 aliphatic carbocycles. The smallest absolute Gasteiger partial charge is 0.236 e. The Hall–Kier alpha value is -0.610. The molecule has 2 fully saturated rings.